The first kappa shape index (κ1) is 13.5. The van der Waals surface area contributed by atoms with Crippen molar-refractivity contribution in [2.24, 2.45) is 5.92 Å². The summed E-state index contributed by atoms with van der Waals surface area (Å²) in [5.41, 5.74) is 2.66. The highest BCUT2D eigenvalue weighted by molar-refractivity contribution is 5.25. The van der Waals surface area contributed by atoms with Crippen molar-refractivity contribution in [3.8, 4) is 0 Å². The summed E-state index contributed by atoms with van der Waals surface area (Å²) in [6, 6.07) is 2.51. The van der Waals surface area contributed by atoms with E-state index in [1.165, 1.54) is 30.4 Å². The highest BCUT2D eigenvalue weighted by atomic mass is 16.5. The van der Waals surface area contributed by atoms with Crippen LogP contribution in [-0.4, -0.2) is 24.7 Å². The first-order valence-corrected chi connectivity index (χ1v) is 6.94. The molecule has 0 aliphatic heterocycles. The molecular weight excluding hydrogens is 224 g/mol. The van der Waals surface area contributed by atoms with Gasteiger partial charge >= 0.3 is 0 Å². The van der Waals surface area contributed by atoms with Crippen molar-refractivity contribution < 1.29 is 4.74 Å². The van der Waals surface area contributed by atoms with Crippen LogP contribution >= 0.6 is 0 Å². The predicted octanol–water partition coefficient (Wildman–Crippen LogP) is 2.86. The Balaban J connectivity index is 1.89. The molecule has 1 aliphatic rings. The average Bonchev–Trinajstić information content (AvgIpc) is 2.33. The lowest BCUT2D eigenvalue weighted by Gasteiger charge is -2.37. The van der Waals surface area contributed by atoms with E-state index in [4.69, 9.17) is 4.74 Å². The molecule has 0 aromatic carbocycles. The quantitative estimate of drug-likeness (QED) is 0.840. The van der Waals surface area contributed by atoms with Gasteiger partial charge in [0, 0.05) is 25.0 Å². The predicted molar refractivity (Wildman–Crippen MR) is 73.5 cm³/mol. The van der Waals surface area contributed by atoms with Gasteiger partial charge < -0.3 is 10.1 Å². The van der Waals surface area contributed by atoms with Crippen molar-refractivity contribution in [3.05, 3.63) is 29.6 Å². The van der Waals surface area contributed by atoms with Gasteiger partial charge in [-0.3, -0.25) is 4.98 Å². The lowest BCUT2D eigenvalue weighted by atomic mass is 9.77. The van der Waals surface area contributed by atoms with Gasteiger partial charge in [0.15, 0.2) is 0 Å². The summed E-state index contributed by atoms with van der Waals surface area (Å²) in [7, 11) is 2.04. The minimum Gasteiger partial charge on any atom is -0.378 e. The zero-order valence-corrected chi connectivity index (χ0v) is 11.6. The molecule has 100 valence electrons. The van der Waals surface area contributed by atoms with Crippen molar-refractivity contribution >= 4 is 0 Å². The fourth-order valence-electron chi connectivity index (χ4n) is 2.81. The van der Waals surface area contributed by atoms with E-state index in [2.05, 4.69) is 30.2 Å². The summed E-state index contributed by atoms with van der Waals surface area (Å²) >= 11 is 0. The Bertz CT molecular complexity index is 375. The molecule has 0 saturated heterocycles. The Labute approximate surface area is 110 Å². The molecule has 18 heavy (non-hydrogen) atoms. The molecule has 1 aromatic rings. The number of nitrogens with one attached hydrogen (secondary N) is 1. The first-order valence-electron chi connectivity index (χ1n) is 6.94. The van der Waals surface area contributed by atoms with E-state index in [0.29, 0.717) is 12.1 Å². The number of hydrogen-bond acceptors (Lipinski definition) is 3. The molecule has 1 aromatic heterocycles. The molecule has 0 amide bonds. The number of aryl methyl sites for hydroxylation is 1. The minimum atomic E-state index is 0.422. The molecule has 3 heteroatoms. The van der Waals surface area contributed by atoms with Gasteiger partial charge in [0.1, 0.15) is 0 Å². The summed E-state index contributed by atoms with van der Waals surface area (Å²) < 4.78 is 5.62. The number of pyridine rings is 1. The van der Waals surface area contributed by atoms with E-state index in [-0.39, 0.29) is 0 Å². The summed E-state index contributed by atoms with van der Waals surface area (Å²) in [4.78, 5) is 4.25. The molecule has 1 saturated carbocycles. The van der Waals surface area contributed by atoms with E-state index in [1.54, 1.807) is 0 Å². The molecular formula is C15H24N2O. The SMILES string of the molecule is CCOC1CC(CC(NC)c2cnccc2C)C1. The number of nitrogens with zero attached hydrogens (tertiary/aromatic N) is 1. The highest BCUT2D eigenvalue weighted by Crippen LogP contribution is 2.37. The molecule has 0 spiro atoms. The van der Waals surface area contributed by atoms with Gasteiger partial charge in [0.05, 0.1) is 6.10 Å². The second kappa shape index (κ2) is 6.30. The van der Waals surface area contributed by atoms with Crippen LogP contribution in [0.5, 0.6) is 0 Å². The fraction of sp³-hybridized carbons (Fsp3) is 0.667. The minimum absolute atomic E-state index is 0.422. The Morgan fingerprint density at radius 2 is 2.28 bits per heavy atom. The van der Waals surface area contributed by atoms with Crippen molar-refractivity contribution in [1.82, 2.24) is 10.3 Å². The maximum absolute atomic E-state index is 5.62. The van der Waals surface area contributed by atoms with Crippen LogP contribution in [-0.2, 0) is 4.74 Å². The summed E-state index contributed by atoms with van der Waals surface area (Å²) in [5.74, 6) is 0.790. The number of aromatic nitrogens is 1. The van der Waals surface area contributed by atoms with E-state index in [9.17, 15) is 0 Å². The molecule has 1 heterocycles. The monoisotopic (exact) mass is 248 g/mol. The molecule has 0 radical (unpaired) electrons. The van der Waals surface area contributed by atoms with Gasteiger partial charge in [0.25, 0.3) is 0 Å². The lowest BCUT2D eigenvalue weighted by molar-refractivity contribution is -0.0289. The topological polar surface area (TPSA) is 34.1 Å². The third kappa shape index (κ3) is 3.09. The largest absolute Gasteiger partial charge is 0.378 e. The van der Waals surface area contributed by atoms with E-state index in [1.807, 2.05) is 19.4 Å². The zero-order chi connectivity index (χ0) is 13.0. The third-order valence-electron chi connectivity index (χ3n) is 3.97. The molecule has 1 N–H and O–H groups in total. The highest BCUT2D eigenvalue weighted by Gasteiger charge is 2.31. The number of ether oxygens (including phenoxy) is 1. The van der Waals surface area contributed by atoms with Crippen LogP contribution in [0.25, 0.3) is 0 Å². The van der Waals surface area contributed by atoms with Crippen LogP contribution in [0.15, 0.2) is 18.5 Å². The smallest absolute Gasteiger partial charge is 0.0580 e. The Morgan fingerprint density at radius 1 is 1.50 bits per heavy atom. The van der Waals surface area contributed by atoms with E-state index < -0.39 is 0 Å². The van der Waals surface area contributed by atoms with Gasteiger partial charge in [-0.2, -0.15) is 0 Å². The molecule has 3 nitrogen and oxygen atoms in total. The van der Waals surface area contributed by atoms with Gasteiger partial charge in [-0.25, -0.2) is 0 Å². The average molecular weight is 248 g/mol. The Kier molecular flexibility index (Phi) is 4.72. The van der Waals surface area contributed by atoms with Gasteiger partial charge in [-0.15, -0.1) is 0 Å². The van der Waals surface area contributed by atoms with Crippen LogP contribution in [0.1, 0.15) is 43.4 Å². The molecule has 1 atom stereocenters. The van der Waals surface area contributed by atoms with Crippen LogP contribution in [0, 0.1) is 12.8 Å². The number of hydrogen-bond donors (Lipinski definition) is 1. The van der Waals surface area contributed by atoms with Gasteiger partial charge in [-0.05, 0) is 63.3 Å². The van der Waals surface area contributed by atoms with E-state index in [0.717, 1.165) is 12.5 Å². The second-order valence-electron chi connectivity index (χ2n) is 5.22. The Hall–Kier alpha value is -0.930. The molecule has 1 unspecified atom stereocenters. The maximum Gasteiger partial charge on any atom is 0.0580 e. The number of rotatable bonds is 6. The second-order valence-corrected chi connectivity index (χ2v) is 5.22. The normalized spacial score (nSPS) is 24.6. The summed E-state index contributed by atoms with van der Waals surface area (Å²) in [5, 5.41) is 3.42. The van der Waals surface area contributed by atoms with Crippen LogP contribution in [0.4, 0.5) is 0 Å². The molecule has 1 fully saturated rings. The van der Waals surface area contributed by atoms with Crippen LogP contribution < -0.4 is 5.32 Å². The molecule has 0 bridgehead atoms. The standard InChI is InChI=1S/C15H24N2O/c1-4-18-13-7-12(8-13)9-15(16-3)14-10-17-6-5-11(14)2/h5-6,10,12-13,15-16H,4,7-9H2,1-3H3. The molecule has 1 aliphatic carbocycles. The molecule has 2 rings (SSSR count). The van der Waals surface area contributed by atoms with E-state index >= 15 is 0 Å². The summed E-state index contributed by atoms with van der Waals surface area (Å²) in [6.45, 7) is 5.07. The van der Waals surface area contributed by atoms with Crippen molar-refractivity contribution in [3.63, 3.8) is 0 Å². The van der Waals surface area contributed by atoms with Crippen molar-refractivity contribution in [2.75, 3.05) is 13.7 Å². The van der Waals surface area contributed by atoms with Crippen molar-refractivity contribution in [2.45, 2.75) is 45.3 Å². The summed E-state index contributed by atoms with van der Waals surface area (Å²) in [6.07, 6.45) is 7.98. The first-order chi connectivity index (χ1) is 8.74. The maximum atomic E-state index is 5.62. The van der Waals surface area contributed by atoms with Crippen LogP contribution in [0.2, 0.25) is 0 Å². The third-order valence-corrected chi connectivity index (χ3v) is 3.97. The Morgan fingerprint density at radius 3 is 2.89 bits per heavy atom. The van der Waals surface area contributed by atoms with Crippen LogP contribution in [0.3, 0.4) is 0 Å². The van der Waals surface area contributed by atoms with Gasteiger partial charge in [0.2, 0.25) is 0 Å². The van der Waals surface area contributed by atoms with Gasteiger partial charge in [-0.1, -0.05) is 0 Å². The van der Waals surface area contributed by atoms with Crippen molar-refractivity contribution in [1.29, 1.82) is 0 Å². The fourth-order valence-corrected chi connectivity index (χ4v) is 2.81. The zero-order valence-electron chi connectivity index (χ0n) is 11.6. The lowest BCUT2D eigenvalue weighted by Crippen LogP contribution is -2.34.